The molecule has 0 bridgehead atoms. The lowest BCUT2D eigenvalue weighted by Gasteiger charge is -2.13. The third kappa shape index (κ3) is 5.26. The Labute approximate surface area is 154 Å². The predicted molar refractivity (Wildman–Crippen MR) is 99.3 cm³/mol. The fraction of sp³-hybridized carbons (Fsp3) is 0.312. The summed E-state index contributed by atoms with van der Waals surface area (Å²) in [7, 11) is 0. The molecule has 0 fully saturated rings. The third-order valence-electron chi connectivity index (χ3n) is 3.13. The lowest BCUT2D eigenvalue weighted by Crippen LogP contribution is -2.23. The third-order valence-corrected chi connectivity index (χ3v) is 4.66. The van der Waals surface area contributed by atoms with Gasteiger partial charge in [-0.15, -0.1) is 0 Å². The number of aryl methyl sites for hydroxylation is 1. The van der Waals surface area contributed by atoms with E-state index in [1.54, 1.807) is 25.1 Å². The summed E-state index contributed by atoms with van der Waals surface area (Å²) < 4.78 is 0. The Morgan fingerprint density at radius 2 is 2.12 bits per heavy atom. The van der Waals surface area contributed by atoms with Crippen molar-refractivity contribution in [1.29, 1.82) is 0 Å². The Bertz CT molecular complexity index is 795. The first-order valence-electron chi connectivity index (χ1n) is 7.42. The van der Waals surface area contributed by atoms with Crippen LogP contribution in [0, 0.1) is 0 Å². The van der Waals surface area contributed by atoms with Gasteiger partial charge in [0.15, 0.2) is 5.16 Å². The van der Waals surface area contributed by atoms with E-state index >= 15 is 0 Å². The van der Waals surface area contributed by atoms with Crippen molar-refractivity contribution in [3.05, 3.63) is 50.4 Å². The minimum Gasteiger partial charge on any atom is -0.324 e. The number of rotatable bonds is 6. The van der Waals surface area contributed by atoms with Crippen LogP contribution in [0.5, 0.6) is 0 Å². The van der Waals surface area contributed by atoms with Gasteiger partial charge in [0.1, 0.15) is 0 Å². The molecule has 0 aliphatic carbocycles. The molecule has 0 radical (unpaired) electrons. The van der Waals surface area contributed by atoms with Crippen LogP contribution in [0.25, 0.3) is 0 Å². The summed E-state index contributed by atoms with van der Waals surface area (Å²) >= 11 is 13.1. The Morgan fingerprint density at radius 1 is 1.38 bits per heavy atom. The molecule has 0 spiro atoms. The maximum absolute atomic E-state index is 12.3. The predicted octanol–water partition coefficient (Wildman–Crippen LogP) is 4.15. The Balaban J connectivity index is 2.07. The lowest BCUT2D eigenvalue weighted by molar-refractivity contribution is -0.115. The molecule has 128 valence electrons. The molecular weight excluding hydrogens is 369 g/mol. The lowest BCUT2D eigenvalue weighted by atomic mass is 10.2. The van der Waals surface area contributed by atoms with E-state index in [0.717, 1.165) is 18.5 Å². The van der Waals surface area contributed by atoms with Crippen molar-refractivity contribution in [2.45, 2.75) is 37.1 Å². The van der Waals surface area contributed by atoms with E-state index < -0.39 is 5.25 Å². The molecule has 24 heavy (non-hydrogen) atoms. The second-order valence-electron chi connectivity index (χ2n) is 5.17. The van der Waals surface area contributed by atoms with Crippen molar-refractivity contribution in [3.63, 3.8) is 0 Å². The molecule has 1 atom stereocenters. The average molecular weight is 386 g/mol. The van der Waals surface area contributed by atoms with Crippen LogP contribution in [0.2, 0.25) is 10.0 Å². The molecule has 2 aromatic rings. The summed E-state index contributed by atoms with van der Waals surface area (Å²) in [5.74, 6) is -0.243. The number of H-pyrrole nitrogens is 1. The van der Waals surface area contributed by atoms with E-state index in [0.29, 0.717) is 20.9 Å². The van der Waals surface area contributed by atoms with Gasteiger partial charge < -0.3 is 10.3 Å². The van der Waals surface area contributed by atoms with Gasteiger partial charge in [-0.05, 0) is 31.5 Å². The summed E-state index contributed by atoms with van der Waals surface area (Å²) in [5.41, 5.74) is 0.987. The topological polar surface area (TPSA) is 74.8 Å². The first-order valence-corrected chi connectivity index (χ1v) is 9.05. The number of hydrogen-bond acceptors (Lipinski definition) is 4. The standard InChI is InChI=1S/C16H17Cl2N3O2S/c1-3-4-11-8-14(22)21-16(19-11)24-9(2)15(23)20-13-6-5-10(17)7-12(13)18/h5-9H,3-4H2,1-2H3,(H,20,23)(H,19,21,22)/t9-/m0/s1. The molecule has 1 amide bonds. The van der Waals surface area contributed by atoms with Crippen LogP contribution in [-0.4, -0.2) is 21.1 Å². The number of carbonyl (C=O) groups is 1. The van der Waals surface area contributed by atoms with Crippen LogP contribution in [0.4, 0.5) is 5.69 Å². The van der Waals surface area contributed by atoms with E-state index in [2.05, 4.69) is 15.3 Å². The van der Waals surface area contributed by atoms with Crippen LogP contribution >= 0.6 is 35.0 Å². The van der Waals surface area contributed by atoms with E-state index in [9.17, 15) is 9.59 Å². The summed E-state index contributed by atoms with van der Waals surface area (Å²) in [6.45, 7) is 3.75. The number of amides is 1. The first-order chi connectivity index (χ1) is 11.4. The number of thioether (sulfide) groups is 1. The Kier molecular flexibility index (Phi) is 6.71. The van der Waals surface area contributed by atoms with Crippen molar-refractivity contribution in [3.8, 4) is 0 Å². The molecule has 0 unspecified atom stereocenters. The maximum atomic E-state index is 12.3. The zero-order valence-electron chi connectivity index (χ0n) is 13.2. The molecule has 0 aliphatic rings. The number of nitrogens with zero attached hydrogens (tertiary/aromatic N) is 1. The highest BCUT2D eigenvalue weighted by Crippen LogP contribution is 2.27. The van der Waals surface area contributed by atoms with E-state index in [4.69, 9.17) is 23.2 Å². The fourth-order valence-corrected chi connectivity index (χ4v) is 3.26. The summed E-state index contributed by atoms with van der Waals surface area (Å²) in [6, 6.07) is 6.33. The Hall–Kier alpha value is -1.50. The second kappa shape index (κ2) is 8.55. The molecule has 1 aromatic heterocycles. The van der Waals surface area contributed by atoms with Crippen LogP contribution in [0.15, 0.2) is 34.2 Å². The summed E-state index contributed by atoms with van der Waals surface area (Å²) in [5, 5.41) is 3.57. The molecule has 2 N–H and O–H groups in total. The highest BCUT2D eigenvalue weighted by atomic mass is 35.5. The van der Waals surface area contributed by atoms with Crippen molar-refractivity contribution < 1.29 is 4.79 Å². The normalized spacial score (nSPS) is 12.0. The fourth-order valence-electron chi connectivity index (χ4n) is 1.97. The smallest absolute Gasteiger partial charge is 0.251 e. The van der Waals surface area contributed by atoms with Crippen LogP contribution in [0.1, 0.15) is 26.0 Å². The minimum absolute atomic E-state index is 0.218. The van der Waals surface area contributed by atoms with Gasteiger partial charge >= 0.3 is 0 Å². The minimum atomic E-state index is -0.461. The number of aromatic nitrogens is 2. The molecule has 1 heterocycles. The molecule has 0 saturated carbocycles. The molecule has 1 aromatic carbocycles. The quantitative estimate of drug-likeness (QED) is 0.578. The van der Waals surface area contributed by atoms with Gasteiger partial charge in [-0.2, -0.15) is 0 Å². The van der Waals surface area contributed by atoms with Crippen LogP contribution < -0.4 is 10.9 Å². The van der Waals surface area contributed by atoms with Gasteiger partial charge in [-0.1, -0.05) is 48.3 Å². The molecular formula is C16H17Cl2N3O2S. The number of halogens is 2. The van der Waals surface area contributed by atoms with Gasteiger partial charge in [-0.25, -0.2) is 4.98 Å². The van der Waals surface area contributed by atoms with Gasteiger partial charge in [-0.3, -0.25) is 9.59 Å². The zero-order valence-corrected chi connectivity index (χ0v) is 15.6. The average Bonchev–Trinajstić information content (AvgIpc) is 2.49. The van der Waals surface area contributed by atoms with Gasteiger partial charge in [0.2, 0.25) is 5.91 Å². The van der Waals surface area contributed by atoms with Crippen LogP contribution in [0.3, 0.4) is 0 Å². The second-order valence-corrected chi connectivity index (χ2v) is 7.34. The van der Waals surface area contributed by atoms with Crippen molar-refractivity contribution >= 4 is 46.6 Å². The number of carbonyl (C=O) groups excluding carboxylic acids is 1. The molecule has 8 heteroatoms. The maximum Gasteiger partial charge on any atom is 0.251 e. The van der Waals surface area contributed by atoms with Crippen molar-refractivity contribution in [2.75, 3.05) is 5.32 Å². The number of hydrogen-bond donors (Lipinski definition) is 2. The van der Waals surface area contributed by atoms with Gasteiger partial charge in [0, 0.05) is 16.8 Å². The summed E-state index contributed by atoms with van der Waals surface area (Å²) in [4.78, 5) is 31.0. The number of benzene rings is 1. The van der Waals surface area contributed by atoms with Gasteiger partial charge in [0.05, 0.1) is 16.0 Å². The SMILES string of the molecule is CCCc1cc(=O)[nH]c(S[C@@H](C)C(=O)Nc2ccc(Cl)cc2Cl)n1. The Morgan fingerprint density at radius 3 is 2.79 bits per heavy atom. The molecule has 0 aliphatic heterocycles. The molecule has 2 rings (SSSR count). The highest BCUT2D eigenvalue weighted by Gasteiger charge is 2.17. The monoisotopic (exact) mass is 385 g/mol. The van der Waals surface area contributed by atoms with E-state index in [-0.39, 0.29) is 11.5 Å². The number of aromatic amines is 1. The van der Waals surface area contributed by atoms with Crippen LogP contribution in [-0.2, 0) is 11.2 Å². The molecule has 5 nitrogen and oxygen atoms in total. The number of anilines is 1. The highest BCUT2D eigenvalue weighted by molar-refractivity contribution is 8.00. The van der Waals surface area contributed by atoms with Gasteiger partial charge in [0.25, 0.3) is 5.56 Å². The first kappa shape index (κ1) is 18.8. The van der Waals surface area contributed by atoms with E-state index in [1.165, 1.54) is 17.8 Å². The van der Waals surface area contributed by atoms with E-state index in [1.807, 2.05) is 6.92 Å². The van der Waals surface area contributed by atoms with Crippen molar-refractivity contribution in [1.82, 2.24) is 9.97 Å². The molecule has 0 saturated heterocycles. The van der Waals surface area contributed by atoms with Crippen molar-refractivity contribution in [2.24, 2.45) is 0 Å². The number of nitrogens with one attached hydrogen (secondary N) is 2. The zero-order chi connectivity index (χ0) is 17.7. The largest absolute Gasteiger partial charge is 0.324 e. The summed E-state index contributed by atoms with van der Waals surface area (Å²) in [6.07, 6.45) is 1.62.